The SMILES string of the molecule is C=CCc1cc(/C=C(\C#N)C(=O)Nc2cccc([N+](=O)[O-])c2)cc(OC)c1OCc1ccc(Cl)cc1. The van der Waals surface area contributed by atoms with Crippen molar-refractivity contribution in [3.05, 3.63) is 111 Å². The Balaban J connectivity index is 1.89. The number of allylic oxidation sites excluding steroid dienone is 1. The Morgan fingerprint density at radius 1 is 1.22 bits per heavy atom. The first kappa shape index (κ1) is 26.0. The highest BCUT2D eigenvalue weighted by atomic mass is 35.5. The molecule has 0 heterocycles. The first-order chi connectivity index (χ1) is 17.3. The van der Waals surface area contributed by atoms with Gasteiger partial charge in [-0.1, -0.05) is 35.9 Å². The monoisotopic (exact) mass is 503 g/mol. The van der Waals surface area contributed by atoms with Crippen molar-refractivity contribution >= 4 is 35.0 Å². The van der Waals surface area contributed by atoms with Crippen LogP contribution in [-0.2, 0) is 17.8 Å². The van der Waals surface area contributed by atoms with Crippen LogP contribution in [0.5, 0.6) is 11.5 Å². The van der Waals surface area contributed by atoms with E-state index in [1.54, 1.807) is 30.3 Å². The Bertz CT molecular complexity index is 1360. The van der Waals surface area contributed by atoms with E-state index < -0.39 is 10.8 Å². The van der Waals surface area contributed by atoms with Crippen LogP contribution in [0.15, 0.2) is 78.9 Å². The number of rotatable bonds is 10. The Kier molecular flexibility index (Phi) is 8.81. The second-order valence-corrected chi connectivity index (χ2v) is 7.99. The Morgan fingerprint density at radius 3 is 2.61 bits per heavy atom. The smallest absolute Gasteiger partial charge is 0.271 e. The van der Waals surface area contributed by atoms with E-state index in [1.165, 1.54) is 37.5 Å². The molecule has 1 N–H and O–H groups in total. The third-order valence-electron chi connectivity index (χ3n) is 5.03. The molecule has 3 rings (SSSR count). The van der Waals surface area contributed by atoms with Crippen LogP contribution >= 0.6 is 11.6 Å². The largest absolute Gasteiger partial charge is 0.493 e. The highest BCUT2D eigenvalue weighted by Crippen LogP contribution is 2.35. The number of nitrogens with zero attached hydrogens (tertiary/aromatic N) is 2. The summed E-state index contributed by atoms with van der Waals surface area (Å²) in [7, 11) is 1.50. The number of anilines is 1. The zero-order valence-electron chi connectivity index (χ0n) is 19.4. The normalized spacial score (nSPS) is 10.8. The fraction of sp³-hybridized carbons (Fsp3) is 0.111. The molecule has 0 aromatic heterocycles. The summed E-state index contributed by atoms with van der Waals surface area (Å²) in [6.07, 6.45) is 3.57. The van der Waals surface area contributed by atoms with Crippen LogP contribution in [0, 0.1) is 21.4 Å². The fourth-order valence-electron chi connectivity index (χ4n) is 3.34. The van der Waals surface area contributed by atoms with E-state index in [9.17, 15) is 20.2 Å². The van der Waals surface area contributed by atoms with Crippen LogP contribution in [0.4, 0.5) is 11.4 Å². The Morgan fingerprint density at radius 2 is 1.97 bits per heavy atom. The third-order valence-corrected chi connectivity index (χ3v) is 5.28. The van der Waals surface area contributed by atoms with Crippen molar-refractivity contribution in [2.45, 2.75) is 13.0 Å². The van der Waals surface area contributed by atoms with Crippen molar-refractivity contribution in [2.24, 2.45) is 0 Å². The molecule has 0 bridgehead atoms. The maximum absolute atomic E-state index is 12.7. The van der Waals surface area contributed by atoms with Crippen LogP contribution in [0.25, 0.3) is 6.08 Å². The third kappa shape index (κ3) is 6.72. The van der Waals surface area contributed by atoms with Crippen molar-refractivity contribution in [3.8, 4) is 17.6 Å². The van der Waals surface area contributed by atoms with E-state index in [-0.39, 0.29) is 23.6 Å². The Hall–Kier alpha value is -4.61. The van der Waals surface area contributed by atoms with Gasteiger partial charge in [0, 0.05) is 28.4 Å². The summed E-state index contributed by atoms with van der Waals surface area (Å²) < 4.78 is 11.6. The minimum absolute atomic E-state index is 0.178. The molecule has 1 amide bonds. The first-order valence-corrected chi connectivity index (χ1v) is 11.1. The van der Waals surface area contributed by atoms with Crippen molar-refractivity contribution < 1.29 is 19.2 Å². The number of ether oxygens (including phenoxy) is 2. The van der Waals surface area contributed by atoms with Crippen molar-refractivity contribution in [3.63, 3.8) is 0 Å². The number of amides is 1. The second kappa shape index (κ2) is 12.2. The topological polar surface area (TPSA) is 114 Å². The number of non-ortho nitro benzene ring substituents is 1. The lowest BCUT2D eigenvalue weighted by atomic mass is 10.0. The van der Waals surface area contributed by atoms with E-state index in [1.807, 2.05) is 18.2 Å². The van der Waals surface area contributed by atoms with Crippen LogP contribution in [0.2, 0.25) is 5.02 Å². The van der Waals surface area contributed by atoms with E-state index in [0.29, 0.717) is 28.5 Å². The number of carbonyl (C=O) groups excluding carboxylic acids is 1. The molecule has 0 aliphatic heterocycles. The van der Waals surface area contributed by atoms with Gasteiger partial charge in [-0.15, -0.1) is 6.58 Å². The summed E-state index contributed by atoms with van der Waals surface area (Å²) in [6.45, 7) is 4.07. The number of carbonyl (C=O) groups is 1. The van der Waals surface area contributed by atoms with Gasteiger partial charge in [0.05, 0.1) is 12.0 Å². The first-order valence-electron chi connectivity index (χ1n) is 10.7. The molecule has 0 atom stereocenters. The number of hydrogen-bond donors (Lipinski definition) is 1. The van der Waals surface area contributed by atoms with Gasteiger partial charge in [-0.25, -0.2) is 0 Å². The quantitative estimate of drug-likeness (QED) is 0.117. The Labute approximate surface area is 213 Å². The van der Waals surface area contributed by atoms with Crippen molar-refractivity contribution in [1.82, 2.24) is 0 Å². The summed E-state index contributed by atoms with van der Waals surface area (Å²) in [5.74, 6) is 0.236. The number of benzene rings is 3. The molecule has 0 aliphatic carbocycles. The zero-order valence-corrected chi connectivity index (χ0v) is 20.1. The van der Waals surface area contributed by atoms with Crippen LogP contribution in [0.3, 0.4) is 0 Å². The molecule has 0 radical (unpaired) electrons. The van der Waals surface area contributed by atoms with E-state index in [4.69, 9.17) is 21.1 Å². The van der Waals surface area contributed by atoms with E-state index in [0.717, 1.165) is 11.1 Å². The molecule has 36 heavy (non-hydrogen) atoms. The number of nitriles is 1. The standard InChI is InChI=1S/C27H22ClN3O5/c1-3-5-20-12-19(14-25(35-2)26(20)36-17-18-8-10-22(28)11-9-18)13-21(16-29)27(32)30-23-6-4-7-24(15-23)31(33)34/h3-4,6-15H,1,5,17H2,2H3,(H,30,32)/b21-13+. The highest BCUT2D eigenvalue weighted by molar-refractivity contribution is 6.30. The lowest BCUT2D eigenvalue weighted by molar-refractivity contribution is -0.384. The molecule has 0 saturated heterocycles. The summed E-state index contributed by atoms with van der Waals surface area (Å²) in [4.78, 5) is 23.1. The molecule has 8 nitrogen and oxygen atoms in total. The summed E-state index contributed by atoms with van der Waals surface area (Å²) in [6, 6.07) is 18.0. The van der Waals surface area contributed by atoms with Crippen LogP contribution < -0.4 is 14.8 Å². The predicted octanol–water partition coefficient (Wildman–Crippen LogP) is 6.11. The van der Waals surface area contributed by atoms with E-state index >= 15 is 0 Å². The van der Waals surface area contributed by atoms with Crippen molar-refractivity contribution in [1.29, 1.82) is 5.26 Å². The van der Waals surface area contributed by atoms with Gasteiger partial charge in [0.1, 0.15) is 18.2 Å². The molecule has 9 heteroatoms. The molecule has 0 unspecified atom stereocenters. The van der Waals surface area contributed by atoms with Crippen LogP contribution in [0.1, 0.15) is 16.7 Å². The predicted molar refractivity (Wildman–Crippen MR) is 138 cm³/mol. The number of nitrogens with one attached hydrogen (secondary N) is 1. The molecule has 3 aromatic carbocycles. The minimum Gasteiger partial charge on any atom is -0.493 e. The van der Waals surface area contributed by atoms with Gasteiger partial charge >= 0.3 is 0 Å². The molecule has 182 valence electrons. The van der Waals surface area contributed by atoms with Gasteiger partial charge in [-0.2, -0.15) is 5.26 Å². The zero-order chi connectivity index (χ0) is 26.1. The summed E-state index contributed by atoms with van der Waals surface area (Å²) >= 11 is 5.95. The lowest BCUT2D eigenvalue weighted by Gasteiger charge is -2.16. The van der Waals surface area contributed by atoms with Gasteiger partial charge in [-0.05, 0) is 54.0 Å². The molecular weight excluding hydrogens is 482 g/mol. The average molecular weight is 504 g/mol. The number of halogens is 1. The molecule has 0 aliphatic rings. The molecular formula is C27H22ClN3O5. The molecule has 0 saturated carbocycles. The fourth-order valence-corrected chi connectivity index (χ4v) is 3.46. The average Bonchev–Trinajstić information content (AvgIpc) is 2.87. The van der Waals surface area contributed by atoms with Gasteiger partial charge in [-0.3, -0.25) is 14.9 Å². The van der Waals surface area contributed by atoms with Crippen LogP contribution in [-0.4, -0.2) is 17.9 Å². The summed E-state index contributed by atoms with van der Waals surface area (Å²) in [5, 5.41) is 23.7. The number of methoxy groups -OCH3 is 1. The lowest BCUT2D eigenvalue weighted by Crippen LogP contribution is -2.13. The maximum atomic E-state index is 12.7. The van der Waals surface area contributed by atoms with Gasteiger partial charge in [0.25, 0.3) is 11.6 Å². The number of nitro groups is 1. The number of hydrogen-bond acceptors (Lipinski definition) is 6. The second-order valence-electron chi connectivity index (χ2n) is 7.55. The molecule has 3 aromatic rings. The summed E-state index contributed by atoms with van der Waals surface area (Å²) in [5.41, 5.74) is 2.03. The highest BCUT2D eigenvalue weighted by Gasteiger charge is 2.16. The maximum Gasteiger partial charge on any atom is 0.271 e. The van der Waals surface area contributed by atoms with Gasteiger partial charge in [0.2, 0.25) is 0 Å². The number of nitro benzene ring substituents is 1. The van der Waals surface area contributed by atoms with Crippen molar-refractivity contribution in [2.75, 3.05) is 12.4 Å². The molecule has 0 fully saturated rings. The van der Waals surface area contributed by atoms with Gasteiger partial charge in [0.15, 0.2) is 11.5 Å². The van der Waals surface area contributed by atoms with Gasteiger partial charge < -0.3 is 14.8 Å². The minimum atomic E-state index is -0.703. The molecule has 0 spiro atoms. The van der Waals surface area contributed by atoms with E-state index in [2.05, 4.69) is 11.9 Å².